The number of rotatable bonds is 0. The van der Waals surface area contributed by atoms with Crippen LogP contribution in [-0.4, -0.2) is 11.7 Å². The summed E-state index contributed by atoms with van der Waals surface area (Å²) in [6.07, 6.45) is 0. The summed E-state index contributed by atoms with van der Waals surface area (Å²) in [7, 11) is 0. The van der Waals surface area contributed by atoms with E-state index in [1.165, 1.54) is 0 Å². The Balaban J connectivity index is 3.21. The van der Waals surface area contributed by atoms with Gasteiger partial charge < -0.3 is 10.8 Å². The maximum absolute atomic E-state index is 8.57. The number of aliphatic hydroxyl groups excluding tert-OH is 1. The smallest absolute Gasteiger partial charge is 0.104 e. The molecule has 0 spiro atoms. The van der Waals surface area contributed by atoms with Crippen LogP contribution in [0.1, 0.15) is 16.7 Å². The Morgan fingerprint density at radius 2 is 1.85 bits per heavy atom. The van der Waals surface area contributed by atoms with Crippen molar-refractivity contribution in [2.75, 3.05) is 12.3 Å². The van der Waals surface area contributed by atoms with Gasteiger partial charge in [-0.2, -0.15) is 0 Å². The number of hydrogen-bond acceptors (Lipinski definition) is 2. The third-order valence-corrected chi connectivity index (χ3v) is 1.85. The number of hydrogen-bond donors (Lipinski definition) is 2. The van der Waals surface area contributed by atoms with E-state index in [9.17, 15) is 0 Å². The van der Waals surface area contributed by atoms with Crippen LogP contribution in [-0.2, 0) is 0 Å². The molecule has 0 fully saturated rings. The molecule has 0 heterocycles. The predicted octanol–water partition coefficient (Wildman–Crippen LogP) is 1.23. The van der Waals surface area contributed by atoms with E-state index in [1.54, 1.807) is 0 Å². The van der Waals surface area contributed by atoms with Crippen LogP contribution in [0.5, 0.6) is 0 Å². The number of nitrogens with two attached hydrogens (primary N) is 1. The standard InChI is InChI=1S/C11H13NO/c1-8-6-10(12)7-9(2)11(8)4-3-5-13/h6-7,13H,5,12H2,1-2H3. The minimum atomic E-state index is -0.108. The highest BCUT2D eigenvalue weighted by molar-refractivity contribution is 5.54. The molecule has 0 unspecified atom stereocenters. The van der Waals surface area contributed by atoms with E-state index >= 15 is 0 Å². The number of aryl methyl sites for hydroxylation is 2. The second-order valence-corrected chi connectivity index (χ2v) is 2.99. The Morgan fingerprint density at radius 3 is 2.31 bits per heavy atom. The van der Waals surface area contributed by atoms with Gasteiger partial charge in [-0.25, -0.2) is 0 Å². The van der Waals surface area contributed by atoms with Gasteiger partial charge >= 0.3 is 0 Å². The van der Waals surface area contributed by atoms with Crippen molar-refractivity contribution in [3.05, 3.63) is 28.8 Å². The van der Waals surface area contributed by atoms with Gasteiger partial charge in [-0.1, -0.05) is 11.8 Å². The molecule has 0 amide bonds. The summed E-state index contributed by atoms with van der Waals surface area (Å²) in [5.74, 6) is 5.53. The molecule has 0 saturated heterocycles. The quantitative estimate of drug-likeness (QED) is 0.460. The monoisotopic (exact) mass is 175 g/mol. The van der Waals surface area contributed by atoms with Crippen LogP contribution in [0.4, 0.5) is 5.69 Å². The van der Waals surface area contributed by atoms with Crippen molar-refractivity contribution < 1.29 is 5.11 Å². The Bertz CT molecular complexity index is 348. The number of aliphatic hydroxyl groups is 1. The minimum absolute atomic E-state index is 0.108. The second kappa shape index (κ2) is 3.97. The van der Waals surface area contributed by atoms with Crippen LogP contribution in [0.15, 0.2) is 12.1 Å². The Hall–Kier alpha value is -1.46. The summed E-state index contributed by atoms with van der Waals surface area (Å²) in [5, 5.41) is 8.57. The third-order valence-electron chi connectivity index (χ3n) is 1.85. The van der Waals surface area contributed by atoms with Crippen LogP contribution in [0.2, 0.25) is 0 Å². The molecule has 0 bridgehead atoms. The fourth-order valence-electron chi connectivity index (χ4n) is 1.32. The molecule has 0 aliphatic heterocycles. The number of anilines is 1. The number of benzene rings is 1. The lowest BCUT2D eigenvalue weighted by molar-refractivity contribution is 0.350. The molecule has 13 heavy (non-hydrogen) atoms. The normalized spacial score (nSPS) is 9.15. The molecule has 2 nitrogen and oxygen atoms in total. The molecule has 0 saturated carbocycles. The second-order valence-electron chi connectivity index (χ2n) is 2.99. The minimum Gasteiger partial charge on any atom is -0.399 e. The highest BCUT2D eigenvalue weighted by Crippen LogP contribution is 2.16. The molecule has 0 radical (unpaired) electrons. The zero-order chi connectivity index (χ0) is 9.84. The van der Waals surface area contributed by atoms with E-state index in [1.807, 2.05) is 26.0 Å². The van der Waals surface area contributed by atoms with Crippen LogP contribution in [0, 0.1) is 25.7 Å². The molecule has 0 aliphatic carbocycles. The van der Waals surface area contributed by atoms with Crippen molar-refractivity contribution in [2.45, 2.75) is 13.8 Å². The summed E-state index contributed by atoms with van der Waals surface area (Å²) < 4.78 is 0. The van der Waals surface area contributed by atoms with E-state index in [-0.39, 0.29) is 6.61 Å². The van der Waals surface area contributed by atoms with E-state index in [0.717, 1.165) is 22.4 Å². The van der Waals surface area contributed by atoms with Crippen LogP contribution in [0.3, 0.4) is 0 Å². The van der Waals surface area contributed by atoms with E-state index in [0.29, 0.717) is 0 Å². The molecule has 0 atom stereocenters. The molecular formula is C11H13NO. The van der Waals surface area contributed by atoms with Gasteiger partial charge in [0.1, 0.15) is 6.61 Å². The van der Waals surface area contributed by atoms with E-state index in [4.69, 9.17) is 10.8 Å². The highest BCUT2D eigenvalue weighted by Gasteiger charge is 1.99. The molecule has 1 rings (SSSR count). The van der Waals surface area contributed by atoms with Gasteiger partial charge in [0.05, 0.1) is 0 Å². The maximum Gasteiger partial charge on any atom is 0.104 e. The fourth-order valence-corrected chi connectivity index (χ4v) is 1.32. The lowest BCUT2D eigenvalue weighted by Gasteiger charge is -2.04. The largest absolute Gasteiger partial charge is 0.399 e. The fraction of sp³-hybridized carbons (Fsp3) is 0.273. The molecule has 2 heteroatoms. The zero-order valence-electron chi connectivity index (χ0n) is 7.89. The summed E-state index contributed by atoms with van der Waals surface area (Å²) in [5.41, 5.74) is 9.48. The topological polar surface area (TPSA) is 46.2 Å². The first kappa shape index (κ1) is 9.63. The average molecular weight is 175 g/mol. The van der Waals surface area contributed by atoms with E-state index in [2.05, 4.69) is 11.8 Å². The number of nitrogen functional groups attached to an aromatic ring is 1. The predicted molar refractivity (Wildman–Crippen MR) is 54.3 cm³/mol. The molecule has 1 aromatic carbocycles. The molecule has 0 aliphatic rings. The summed E-state index contributed by atoms with van der Waals surface area (Å²) in [6, 6.07) is 3.77. The third kappa shape index (κ3) is 2.24. The zero-order valence-corrected chi connectivity index (χ0v) is 7.89. The first-order valence-electron chi connectivity index (χ1n) is 4.11. The van der Waals surface area contributed by atoms with Gasteiger partial charge in [-0.15, -0.1) is 0 Å². The molecule has 68 valence electrons. The van der Waals surface area contributed by atoms with Crippen LogP contribution < -0.4 is 5.73 Å². The van der Waals surface area contributed by atoms with Crippen molar-refractivity contribution in [1.29, 1.82) is 0 Å². The lowest BCUT2D eigenvalue weighted by Crippen LogP contribution is -1.93. The lowest BCUT2D eigenvalue weighted by atomic mass is 10.0. The van der Waals surface area contributed by atoms with Gasteiger partial charge in [0.2, 0.25) is 0 Å². The Morgan fingerprint density at radius 1 is 1.31 bits per heavy atom. The van der Waals surface area contributed by atoms with Crippen LogP contribution in [0.25, 0.3) is 0 Å². The van der Waals surface area contributed by atoms with Crippen molar-refractivity contribution in [2.24, 2.45) is 0 Å². The molecule has 0 aromatic heterocycles. The van der Waals surface area contributed by atoms with Gasteiger partial charge in [0.15, 0.2) is 0 Å². The van der Waals surface area contributed by atoms with Gasteiger partial charge in [-0.05, 0) is 37.1 Å². The Labute approximate surface area is 78.4 Å². The van der Waals surface area contributed by atoms with Crippen molar-refractivity contribution in [1.82, 2.24) is 0 Å². The molecular weight excluding hydrogens is 162 g/mol. The van der Waals surface area contributed by atoms with Crippen molar-refractivity contribution >= 4 is 5.69 Å². The molecule has 3 N–H and O–H groups in total. The SMILES string of the molecule is Cc1cc(N)cc(C)c1C#CCO. The highest BCUT2D eigenvalue weighted by atomic mass is 16.2. The van der Waals surface area contributed by atoms with Gasteiger partial charge in [-0.3, -0.25) is 0 Å². The summed E-state index contributed by atoms with van der Waals surface area (Å²) in [4.78, 5) is 0. The summed E-state index contributed by atoms with van der Waals surface area (Å²) in [6.45, 7) is 3.82. The maximum atomic E-state index is 8.57. The van der Waals surface area contributed by atoms with Crippen molar-refractivity contribution in [3.63, 3.8) is 0 Å². The van der Waals surface area contributed by atoms with Gasteiger partial charge in [0.25, 0.3) is 0 Å². The van der Waals surface area contributed by atoms with Crippen molar-refractivity contribution in [3.8, 4) is 11.8 Å². The van der Waals surface area contributed by atoms with E-state index < -0.39 is 0 Å². The Kier molecular flexibility index (Phi) is 2.94. The first-order chi connectivity index (χ1) is 6.15. The van der Waals surface area contributed by atoms with Gasteiger partial charge in [0, 0.05) is 11.3 Å². The average Bonchev–Trinajstić information content (AvgIpc) is 2.02. The molecule has 1 aromatic rings. The first-order valence-corrected chi connectivity index (χ1v) is 4.11. The van der Waals surface area contributed by atoms with Crippen LogP contribution >= 0.6 is 0 Å². The summed E-state index contributed by atoms with van der Waals surface area (Å²) >= 11 is 0.